The molecule has 0 saturated heterocycles. The molecule has 208 valence electrons. The predicted molar refractivity (Wildman–Crippen MR) is 162 cm³/mol. The minimum atomic E-state index is -0.499. The summed E-state index contributed by atoms with van der Waals surface area (Å²) < 4.78 is 5.72. The summed E-state index contributed by atoms with van der Waals surface area (Å²) in [5.74, 6) is 1.38. The quantitative estimate of drug-likeness (QED) is 0.312. The van der Waals surface area contributed by atoms with Gasteiger partial charge in [-0.05, 0) is 29.7 Å². The molecule has 4 aromatic rings. The lowest BCUT2D eigenvalue weighted by atomic mass is 10.1. The Morgan fingerprint density at radius 2 is 1.73 bits per heavy atom. The van der Waals surface area contributed by atoms with E-state index in [1.54, 1.807) is 13.1 Å². The van der Waals surface area contributed by atoms with Crippen molar-refractivity contribution in [3.63, 3.8) is 0 Å². The largest absolute Gasteiger partial charge is 0.490 e. The molecule has 1 atom stereocenters. The van der Waals surface area contributed by atoms with E-state index < -0.39 is 6.10 Å². The number of fused-ring (bicyclic) bond motifs is 2. The van der Waals surface area contributed by atoms with E-state index in [9.17, 15) is 10.3 Å². The lowest BCUT2D eigenvalue weighted by Gasteiger charge is -2.19. The molecule has 0 aromatic heterocycles. The summed E-state index contributed by atoms with van der Waals surface area (Å²) in [6.07, 6.45) is -0.499. The van der Waals surface area contributed by atoms with Crippen molar-refractivity contribution in [2.75, 3.05) is 26.7 Å². The minimum absolute atomic E-state index is 0.229. The Morgan fingerprint density at radius 1 is 1.00 bits per heavy atom. The monoisotopic (exact) mass is 558 g/mol. The third kappa shape index (κ3) is 7.67. The first kappa shape index (κ1) is 29.2. The number of halogens is 1. The first-order valence-corrected chi connectivity index (χ1v) is 13.6. The van der Waals surface area contributed by atoms with Gasteiger partial charge in [0.25, 0.3) is 0 Å². The molecule has 0 amide bonds. The molecular weight excluding hydrogens is 524 g/mol. The molecular formula is C32H35ClN4O3. The van der Waals surface area contributed by atoms with Crippen LogP contribution < -0.4 is 20.6 Å². The van der Waals surface area contributed by atoms with Gasteiger partial charge in [-0.1, -0.05) is 92.2 Å². The number of nitrogens with zero attached hydrogens (tertiary/aromatic N) is 3. The van der Waals surface area contributed by atoms with E-state index in [2.05, 4.69) is 41.3 Å². The lowest BCUT2D eigenvalue weighted by Crippen LogP contribution is -2.35. The van der Waals surface area contributed by atoms with E-state index in [0.717, 1.165) is 32.7 Å². The topological polar surface area (TPSA) is 89.7 Å². The summed E-state index contributed by atoms with van der Waals surface area (Å²) in [5.41, 5.74) is 1.58. The van der Waals surface area contributed by atoms with Gasteiger partial charge >= 0.3 is 0 Å². The van der Waals surface area contributed by atoms with E-state index in [4.69, 9.17) is 16.3 Å². The van der Waals surface area contributed by atoms with Crippen molar-refractivity contribution >= 4 is 33.9 Å². The number of aliphatic hydroxyl groups is 1. The second kappa shape index (κ2) is 14.1. The number of hydrogen-bond acceptors (Lipinski definition) is 6. The second-order valence-electron chi connectivity index (χ2n) is 9.69. The predicted octanol–water partition coefficient (Wildman–Crippen LogP) is 4.43. The molecule has 1 aliphatic rings. The number of nitrogens with one attached hydrogen (secondary N) is 1. The molecule has 1 unspecified atom stereocenters. The molecule has 0 fully saturated rings. The second-order valence-corrected chi connectivity index (χ2v) is 10.1. The number of aliphatic hydroxyl groups excluding tert-OH is 1. The molecule has 0 bridgehead atoms. The van der Waals surface area contributed by atoms with E-state index in [1.807, 2.05) is 72.8 Å². The van der Waals surface area contributed by atoms with Gasteiger partial charge in [-0.25, -0.2) is 10.1 Å². The molecule has 0 saturated carbocycles. The van der Waals surface area contributed by atoms with E-state index in [-0.39, 0.29) is 6.54 Å². The Bertz CT molecular complexity index is 1570. The van der Waals surface area contributed by atoms with Crippen molar-refractivity contribution in [3.8, 4) is 5.75 Å². The fourth-order valence-corrected chi connectivity index (χ4v) is 4.45. The van der Waals surface area contributed by atoms with Gasteiger partial charge in [-0.15, -0.1) is 0 Å². The van der Waals surface area contributed by atoms with Crippen molar-refractivity contribution in [3.05, 3.63) is 112 Å². The normalized spacial score (nSPS) is 14.7. The van der Waals surface area contributed by atoms with Gasteiger partial charge in [-0.3, -0.25) is 10.2 Å². The third-order valence-electron chi connectivity index (χ3n) is 6.26. The van der Waals surface area contributed by atoms with Crippen molar-refractivity contribution in [1.82, 2.24) is 10.4 Å². The summed E-state index contributed by atoms with van der Waals surface area (Å²) >= 11 is 6.12. The van der Waals surface area contributed by atoms with Crippen molar-refractivity contribution in [2.45, 2.75) is 26.0 Å². The zero-order valence-electron chi connectivity index (χ0n) is 23.0. The Hall–Kier alpha value is -3.75. The summed E-state index contributed by atoms with van der Waals surface area (Å²) in [6, 6.07) is 29.5. The van der Waals surface area contributed by atoms with Crippen LogP contribution in [0.3, 0.4) is 0 Å². The lowest BCUT2D eigenvalue weighted by molar-refractivity contribution is -0.0119. The maximum Gasteiger partial charge on any atom is 0.145 e. The standard InChI is InChI=1S/C16H14ClN3O.C16H21NO2/c1-18-15-10-20(21)16(11-5-3-2-4-6-11)13-9-12(17)7-8-14(13)19-15;1-12(2)17-10-14(18)11-19-16-9-5-7-13-6-3-4-8-15(13)16/h2-9,21H,10H2,1H3;3-9,12,14,17-18H,10-11H2,1-2H3. The summed E-state index contributed by atoms with van der Waals surface area (Å²) in [4.78, 5) is 8.60. The highest BCUT2D eigenvalue weighted by Crippen LogP contribution is 2.25. The van der Waals surface area contributed by atoms with Crippen LogP contribution in [0, 0.1) is 0 Å². The van der Waals surface area contributed by atoms with Gasteiger partial charge in [0.15, 0.2) is 0 Å². The number of amidine groups is 1. The van der Waals surface area contributed by atoms with Crippen LogP contribution >= 0.6 is 11.6 Å². The summed E-state index contributed by atoms with van der Waals surface area (Å²) in [7, 11) is 1.66. The van der Waals surface area contributed by atoms with E-state index in [1.165, 1.54) is 5.06 Å². The Labute approximate surface area is 239 Å². The molecule has 5 rings (SSSR count). The minimum Gasteiger partial charge on any atom is -0.490 e. The molecule has 1 heterocycles. The molecule has 4 aromatic carbocycles. The van der Waals surface area contributed by atoms with Crippen molar-refractivity contribution < 1.29 is 15.1 Å². The zero-order chi connectivity index (χ0) is 28.5. The summed E-state index contributed by atoms with van der Waals surface area (Å²) in [6.45, 7) is 5.18. The van der Waals surface area contributed by atoms with Crippen LogP contribution in [0.5, 0.6) is 5.75 Å². The first-order valence-electron chi connectivity index (χ1n) is 13.2. The molecule has 1 aliphatic heterocycles. The fourth-order valence-electron chi connectivity index (χ4n) is 4.28. The zero-order valence-corrected chi connectivity index (χ0v) is 23.7. The van der Waals surface area contributed by atoms with Crippen LogP contribution in [0.15, 0.2) is 101 Å². The molecule has 7 nitrogen and oxygen atoms in total. The van der Waals surface area contributed by atoms with Gasteiger partial charge in [-0.2, -0.15) is 0 Å². The van der Waals surface area contributed by atoms with E-state index in [0.29, 0.717) is 35.7 Å². The van der Waals surface area contributed by atoms with Crippen LogP contribution in [-0.4, -0.2) is 60.1 Å². The number of aliphatic imine (C=N–C) groups is 1. The summed E-state index contributed by atoms with van der Waals surface area (Å²) in [5, 5.41) is 29.0. The molecule has 8 heteroatoms. The number of ether oxygens (including phenoxy) is 1. The van der Waals surface area contributed by atoms with Crippen LogP contribution in [0.1, 0.15) is 19.4 Å². The maximum absolute atomic E-state index is 10.5. The average Bonchev–Trinajstić information content (AvgIpc) is 3.10. The van der Waals surface area contributed by atoms with Crippen LogP contribution in [-0.2, 0) is 0 Å². The smallest absolute Gasteiger partial charge is 0.145 e. The molecule has 0 radical (unpaired) electrons. The fraction of sp³-hybridized carbons (Fsp3) is 0.250. The van der Waals surface area contributed by atoms with Crippen LogP contribution in [0.2, 0.25) is 5.02 Å². The average molecular weight is 559 g/mol. The Morgan fingerprint density at radius 3 is 2.48 bits per heavy atom. The molecule has 0 spiro atoms. The van der Waals surface area contributed by atoms with Crippen molar-refractivity contribution in [1.29, 1.82) is 0 Å². The molecule has 3 N–H and O–H groups in total. The SMILES string of the molecule is CC(C)NCC(O)COc1cccc2ccccc12.CN=C1CN(O)C(c2ccccc2)=c2cc(Cl)ccc2=N1. The third-order valence-corrected chi connectivity index (χ3v) is 6.50. The first-order chi connectivity index (χ1) is 19.4. The molecule has 40 heavy (non-hydrogen) atoms. The van der Waals surface area contributed by atoms with Gasteiger partial charge in [0.05, 0.1) is 11.1 Å². The van der Waals surface area contributed by atoms with Crippen molar-refractivity contribution in [2.24, 2.45) is 9.98 Å². The van der Waals surface area contributed by atoms with E-state index >= 15 is 0 Å². The number of rotatable bonds is 7. The van der Waals surface area contributed by atoms with Gasteiger partial charge in [0, 0.05) is 40.8 Å². The van der Waals surface area contributed by atoms with Gasteiger partial charge < -0.3 is 15.2 Å². The Balaban J connectivity index is 0.000000186. The highest BCUT2D eigenvalue weighted by atomic mass is 35.5. The van der Waals surface area contributed by atoms with Gasteiger partial charge in [0.1, 0.15) is 30.8 Å². The van der Waals surface area contributed by atoms with Crippen LogP contribution in [0.4, 0.5) is 0 Å². The molecule has 0 aliphatic carbocycles. The number of hydroxylamine groups is 2. The Kier molecular flexibility index (Phi) is 10.3. The number of hydrogen-bond donors (Lipinski definition) is 3. The maximum atomic E-state index is 10.5. The highest BCUT2D eigenvalue weighted by molar-refractivity contribution is 6.30. The van der Waals surface area contributed by atoms with Gasteiger partial charge in [0.2, 0.25) is 0 Å². The highest BCUT2D eigenvalue weighted by Gasteiger charge is 2.17. The van der Waals surface area contributed by atoms with Crippen LogP contribution in [0.25, 0.3) is 16.5 Å². The number of benzene rings is 4.